The van der Waals surface area contributed by atoms with Gasteiger partial charge in [-0.05, 0) is 31.2 Å². The van der Waals surface area contributed by atoms with E-state index in [0.717, 1.165) is 0 Å². The van der Waals surface area contributed by atoms with Gasteiger partial charge in [0, 0.05) is 6.42 Å². The lowest BCUT2D eigenvalue weighted by Crippen LogP contribution is -2.12. The van der Waals surface area contributed by atoms with Gasteiger partial charge in [-0.1, -0.05) is 11.8 Å². The molecule has 0 aliphatic rings. The van der Waals surface area contributed by atoms with Crippen molar-refractivity contribution < 1.29 is 18.7 Å². The topological polar surface area (TPSA) is 62.5 Å². The molecule has 1 aromatic heterocycles. The molecule has 0 bridgehead atoms. The van der Waals surface area contributed by atoms with Gasteiger partial charge in [-0.25, -0.2) is 4.39 Å². The minimum Gasteiger partial charge on any atom is -0.469 e. The second-order valence-electron chi connectivity index (χ2n) is 4.37. The highest BCUT2D eigenvalue weighted by Crippen LogP contribution is 2.18. The molecule has 4 nitrogen and oxygen atoms in total. The van der Waals surface area contributed by atoms with Crippen molar-refractivity contribution >= 4 is 11.6 Å². The van der Waals surface area contributed by atoms with E-state index in [1.54, 1.807) is 13.0 Å². The van der Waals surface area contributed by atoms with Crippen LogP contribution in [0, 0.1) is 24.6 Å². The minimum atomic E-state index is -0.444. The first-order valence-corrected chi connectivity index (χ1v) is 6.36. The highest BCUT2D eigenvalue weighted by Gasteiger charge is 2.11. The molecule has 0 atom stereocenters. The summed E-state index contributed by atoms with van der Waals surface area (Å²) in [4.78, 5) is 12.0. The number of benzene rings is 1. The van der Waals surface area contributed by atoms with Crippen LogP contribution in [0.3, 0.4) is 0 Å². The van der Waals surface area contributed by atoms with Crippen LogP contribution in [0.4, 0.5) is 10.1 Å². The molecule has 5 heteroatoms. The number of carbonyl (C=O) groups excluding carboxylic acids is 1. The van der Waals surface area contributed by atoms with E-state index in [0.29, 0.717) is 22.6 Å². The molecule has 2 rings (SSSR count). The maximum absolute atomic E-state index is 13.3. The lowest BCUT2D eigenvalue weighted by molar-refractivity contribution is 0.102. The molecule has 0 fully saturated rings. The zero-order valence-corrected chi connectivity index (χ0v) is 11.4. The lowest BCUT2D eigenvalue weighted by atomic mass is 10.1. The Morgan fingerprint density at radius 2 is 2.24 bits per heavy atom. The molecule has 2 aromatic rings. The molecule has 21 heavy (non-hydrogen) atoms. The summed E-state index contributed by atoms with van der Waals surface area (Å²) in [6.45, 7) is 1.67. The molecule has 0 aliphatic carbocycles. The number of hydrogen-bond donors (Lipinski definition) is 2. The Hall–Kier alpha value is -2.58. The van der Waals surface area contributed by atoms with Crippen LogP contribution in [0.15, 0.2) is 34.9 Å². The summed E-state index contributed by atoms with van der Waals surface area (Å²) in [6.07, 6.45) is 1.64. The molecule has 0 aliphatic heterocycles. The van der Waals surface area contributed by atoms with E-state index in [9.17, 15) is 9.18 Å². The van der Waals surface area contributed by atoms with Crippen LogP contribution in [0.2, 0.25) is 0 Å². The number of amides is 1. The second-order valence-corrected chi connectivity index (χ2v) is 4.37. The van der Waals surface area contributed by atoms with Crippen molar-refractivity contribution in [1.82, 2.24) is 0 Å². The van der Waals surface area contributed by atoms with Crippen molar-refractivity contribution in [2.24, 2.45) is 0 Å². The predicted octanol–water partition coefficient (Wildman–Crippen LogP) is 2.71. The van der Waals surface area contributed by atoms with E-state index in [2.05, 4.69) is 17.2 Å². The SMILES string of the molecule is Cc1cc(C(=O)Nc2ccc(F)cc2C#CCCO)co1. The van der Waals surface area contributed by atoms with Gasteiger partial charge >= 0.3 is 0 Å². The summed E-state index contributed by atoms with van der Waals surface area (Å²) < 4.78 is 18.4. The Morgan fingerprint density at radius 3 is 2.90 bits per heavy atom. The van der Waals surface area contributed by atoms with Crippen LogP contribution in [0.1, 0.15) is 28.1 Å². The average Bonchev–Trinajstić information content (AvgIpc) is 2.88. The fourth-order valence-corrected chi connectivity index (χ4v) is 1.70. The van der Waals surface area contributed by atoms with Crippen molar-refractivity contribution in [3.63, 3.8) is 0 Å². The van der Waals surface area contributed by atoms with Gasteiger partial charge in [-0.15, -0.1) is 0 Å². The van der Waals surface area contributed by atoms with Crippen molar-refractivity contribution in [2.75, 3.05) is 11.9 Å². The molecular formula is C16H14FNO3. The van der Waals surface area contributed by atoms with Gasteiger partial charge in [0.2, 0.25) is 0 Å². The number of furan rings is 1. The van der Waals surface area contributed by atoms with Crippen molar-refractivity contribution in [2.45, 2.75) is 13.3 Å². The van der Waals surface area contributed by atoms with Crippen LogP contribution < -0.4 is 5.32 Å². The van der Waals surface area contributed by atoms with Crippen LogP contribution in [-0.4, -0.2) is 17.6 Å². The number of anilines is 1. The van der Waals surface area contributed by atoms with Crippen molar-refractivity contribution in [3.8, 4) is 11.8 Å². The van der Waals surface area contributed by atoms with Gasteiger partial charge in [0.25, 0.3) is 5.91 Å². The smallest absolute Gasteiger partial charge is 0.258 e. The van der Waals surface area contributed by atoms with Gasteiger partial charge in [-0.3, -0.25) is 4.79 Å². The van der Waals surface area contributed by atoms with Gasteiger partial charge in [-0.2, -0.15) is 0 Å². The number of halogens is 1. The largest absolute Gasteiger partial charge is 0.469 e. The fraction of sp³-hybridized carbons (Fsp3) is 0.188. The molecule has 1 amide bonds. The Bertz CT molecular complexity index is 710. The van der Waals surface area contributed by atoms with E-state index in [1.807, 2.05) is 0 Å². The molecule has 1 heterocycles. The summed E-state index contributed by atoms with van der Waals surface area (Å²) in [5, 5.41) is 11.4. The van der Waals surface area contributed by atoms with Gasteiger partial charge < -0.3 is 14.8 Å². The van der Waals surface area contributed by atoms with Crippen LogP contribution in [-0.2, 0) is 0 Å². The Balaban J connectivity index is 2.23. The quantitative estimate of drug-likeness (QED) is 0.853. The summed E-state index contributed by atoms with van der Waals surface area (Å²) in [5.74, 6) is 5.25. The number of hydrogen-bond acceptors (Lipinski definition) is 3. The highest BCUT2D eigenvalue weighted by atomic mass is 19.1. The number of carbonyl (C=O) groups is 1. The molecule has 0 saturated heterocycles. The molecule has 0 radical (unpaired) electrons. The molecule has 108 valence electrons. The molecule has 2 N–H and O–H groups in total. The molecular weight excluding hydrogens is 273 g/mol. The summed E-state index contributed by atoms with van der Waals surface area (Å²) in [7, 11) is 0. The third kappa shape index (κ3) is 3.94. The highest BCUT2D eigenvalue weighted by molar-refractivity contribution is 6.04. The van der Waals surface area contributed by atoms with Crippen molar-refractivity contribution in [1.29, 1.82) is 0 Å². The van der Waals surface area contributed by atoms with E-state index in [1.165, 1.54) is 24.5 Å². The molecule has 0 unspecified atom stereocenters. The number of rotatable bonds is 3. The first kappa shape index (κ1) is 14.8. The third-order valence-corrected chi connectivity index (χ3v) is 2.68. The monoisotopic (exact) mass is 287 g/mol. The summed E-state index contributed by atoms with van der Waals surface area (Å²) in [5.41, 5.74) is 1.15. The Kier molecular flexibility index (Phi) is 4.75. The standard InChI is InChI=1S/C16H14FNO3/c1-11-8-13(10-21-11)16(20)18-15-6-5-14(17)9-12(15)4-2-3-7-19/h5-6,8-10,19H,3,7H2,1H3,(H,18,20). The Morgan fingerprint density at radius 1 is 1.43 bits per heavy atom. The van der Waals surface area contributed by atoms with E-state index in [4.69, 9.17) is 9.52 Å². The van der Waals surface area contributed by atoms with E-state index >= 15 is 0 Å². The third-order valence-electron chi connectivity index (χ3n) is 2.68. The molecule has 0 saturated carbocycles. The van der Waals surface area contributed by atoms with Gasteiger partial charge in [0.15, 0.2) is 0 Å². The second kappa shape index (κ2) is 6.73. The first-order valence-electron chi connectivity index (χ1n) is 6.36. The summed E-state index contributed by atoms with van der Waals surface area (Å²) in [6, 6.07) is 5.53. The number of aliphatic hydroxyl groups excluding tert-OH is 1. The maximum Gasteiger partial charge on any atom is 0.258 e. The maximum atomic E-state index is 13.3. The zero-order chi connectivity index (χ0) is 15.2. The van der Waals surface area contributed by atoms with Crippen LogP contribution >= 0.6 is 0 Å². The molecule has 1 aromatic carbocycles. The predicted molar refractivity (Wildman–Crippen MR) is 76.4 cm³/mol. The van der Waals surface area contributed by atoms with Gasteiger partial charge in [0.1, 0.15) is 17.8 Å². The van der Waals surface area contributed by atoms with E-state index in [-0.39, 0.29) is 18.9 Å². The average molecular weight is 287 g/mol. The van der Waals surface area contributed by atoms with Crippen LogP contribution in [0.25, 0.3) is 0 Å². The minimum absolute atomic E-state index is 0.0711. The number of aryl methyl sites for hydroxylation is 1. The van der Waals surface area contributed by atoms with Gasteiger partial charge in [0.05, 0.1) is 23.4 Å². The number of aliphatic hydroxyl groups is 1. The van der Waals surface area contributed by atoms with Crippen LogP contribution in [0.5, 0.6) is 0 Å². The summed E-state index contributed by atoms with van der Waals surface area (Å²) >= 11 is 0. The normalized spacial score (nSPS) is 9.86. The number of nitrogens with one attached hydrogen (secondary N) is 1. The Labute approximate surface area is 121 Å². The fourth-order valence-electron chi connectivity index (χ4n) is 1.70. The lowest BCUT2D eigenvalue weighted by Gasteiger charge is -2.06. The van der Waals surface area contributed by atoms with E-state index < -0.39 is 5.82 Å². The first-order chi connectivity index (χ1) is 10.1. The van der Waals surface area contributed by atoms with Crippen molar-refractivity contribution in [3.05, 3.63) is 53.2 Å². The molecule has 0 spiro atoms. The zero-order valence-electron chi connectivity index (χ0n) is 11.4.